The van der Waals surface area contributed by atoms with E-state index in [9.17, 15) is 9.18 Å². The third-order valence-electron chi connectivity index (χ3n) is 5.33. The van der Waals surface area contributed by atoms with Crippen LogP contribution < -0.4 is 4.74 Å². The van der Waals surface area contributed by atoms with Gasteiger partial charge in [-0.05, 0) is 41.0 Å². The van der Waals surface area contributed by atoms with Gasteiger partial charge in [0.05, 0.1) is 13.2 Å². The van der Waals surface area contributed by atoms with Gasteiger partial charge >= 0.3 is 5.97 Å². The number of carbonyl (C=O) groups is 1. The minimum absolute atomic E-state index is 0.0956. The summed E-state index contributed by atoms with van der Waals surface area (Å²) < 4.78 is 30.3. The maximum absolute atomic E-state index is 13.7. The first kappa shape index (κ1) is 20.3. The second-order valence-corrected chi connectivity index (χ2v) is 7.67. The zero-order valence-electron chi connectivity index (χ0n) is 16.6. The third-order valence-corrected chi connectivity index (χ3v) is 5.33. The summed E-state index contributed by atoms with van der Waals surface area (Å²) in [5.41, 5.74) is 1.64. The van der Waals surface area contributed by atoms with Crippen molar-refractivity contribution in [3.63, 3.8) is 0 Å². The van der Waals surface area contributed by atoms with Gasteiger partial charge in [-0.3, -0.25) is 0 Å². The van der Waals surface area contributed by atoms with E-state index in [1.165, 1.54) is 13.0 Å². The predicted molar refractivity (Wildman–Crippen MR) is 110 cm³/mol. The van der Waals surface area contributed by atoms with Crippen molar-refractivity contribution < 1.29 is 28.5 Å². The minimum atomic E-state index is -1.56. The molecule has 6 heteroatoms. The molecule has 0 aromatic heterocycles. The fraction of sp³-hybridized carbons (Fsp3) is 0.292. The van der Waals surface area contributed by atoms with Gasteiger partial charge in [-0.1, -0.05) is 42.5 Å². The number of aliphatic carboxylic acids is 1. The second kappa shape index (κ2) is 8.42. The number of ether oxygens (including phenoxy) is 3. The van der Waals surface area contributed by atoms with Gasteiger partial charge < -0.3 is 19.3 Å². The van der Waals surface area contributed by atoms with Crippen LogP contribution in [0.4, 0.5) is 4.39 Å². The van der Waals surface area contributed by atoms with Crippen molar-refractivity contribution in [1.82, 2.24) is 0 Å². The lowest BCUT2D eigenvalue weighted by molar-refractivity contribution is -0.270. The van der Waals surface area contributed by atoms with Crippen molar-refractivity contribution in [2.45, 2.75) is 25.7 Å². The summed E-state index contributed by atoms with van der Waals surface area (Å²) in [5.74, 6) is -2.17. The standard InChI is InChI=1S/C24H23FO5/c1-24(23(26)27)29-13-17(14-30-24)10-16-6-7-19-12-21(9-8-18(19)11-16)28-15-20-4-2-3-5-22(20)25/h2-9,11-12,17H,10,13-15H2,1H3,(H,26,27)/t17-,24-. The van der Waals surface area contributed by atoms with Gasteiger partial charge in [0.1, 0.15) is 18.2 Å². The quantitative estimate of drug-likeness (QED) is 0.645. The van der Waals surface area contributed by atoms with Crippen LogP contribution >= 0.6 is 0 Å². The first-order valence-electron chi connectivity index (χ1n) is 9.83. The van der Waals surface area contributed by atoms with Gasteiger partial charge in [0.2, 0.25) is 0 Å². The minimum Gasteiger partial charge on any atom is -0.489 e. The van der Waals surface area contributed by atoms with Crippen LogP contribution in [-0.2, 0) is 27.3 Å². The predicted octanol–water partition coefficient (Wildman–Crippen LogP) is 4.56. The van der Waals surface area contributed by atoms with Crippen LogP contribution in [0.1, 0.15) is 18.1 Å². The summed E-state index contributed by atoms with van der Waals surface area (Å²) in [5, 5.41) is 11.2. The Bertz CT molecular complexity index is 1060. The Morgan fingerprint density at radius 3 is 2.53 bits per heavy atom. The molecule has 1 fully saturated rings. The molecule has 1 saturated heterocycles. The van der Waals surface area contributed by atoms with Gasteiger partial charge in [-0.15, -0.1) is 0 Å². The van der Waals surface area contributed by atoms with E-state index in [0.717, 1.165) is 22.8 Å². The van der Waals surface area contributed by atoms with E-state index in [1.54, 1.807) is 18.2 Å². The number of benzene rings is 3. The van der Waals surface area contributed by atoms with Crippen LogP contribution in [-0.4, -0.2) is 30.1 Å². The highest BCUT2D eigenvalue weighted by molar-refractivity contribution is 5.84. The Morgan fingerprint density at radius 1 is 1.10 bits per heavy atom. The highest BCUT2D eigenvalue weighted by Crippen LogP contribution is 2.27. The van der Waals surface area contributed by atoms with Crippen LogP contribution in [0.2, 0.25) is 0 Å². The summed E-state index contributed by atoms with van der Waals surface area (Å²) in [7, 11) is 0. The van der Waals surface area contributed by atoms with Gasteiger partial charge in [-0.2, -0.15) is 0 Å². The number of halogens is 1. The maximum Gasteiger partial charge on any atom is 0.364 e. The Kier molecular flexibility index (Phi) is 5.70. The molecule has 0 radical (unpaired) electrons. The molecule has 0 amide bonds. The zero-order valence-corrected chi connectivity index (χ0v) is 16.6. The molecular formula is C24H23FO5. The molecule has 5 nitrogen and oxygen atoms in total. The molecule has 0 atom stereocenters. The van der Waals surface area contributed by atoms with E-state index in [0.29, 0.717) is 24.5 Å². The lowest BCUT2D eigenvalue weighted by Gasteiger charge is -2.34. The Balaban J connectivity index is 1.40. The van der Waals surface area contributed by atoms with Gasteiger partial charge in [0, 0.05) is 18.4 Å². The molecule has 4 rings (SSSR count). The summed E-state index contributed by atoms with van der Waals surface area (Å²) >= 11 is 0. The van der Waals surface area contributed by atoms with Crippen molar-refractivity contribution in [2.75, 3.05) is 13.2 Å². The monoisotopic (exact) mass is 410 g/mol. The fourth-order valence-corrected chi connectivity index (χ4v) is 3.48. The Hall–Kier alpha value is -2.96. The molecule has 156 valence electrons. The number of carboxylic acids is 1. The Labute approximate surface area is 174 Å². The lowest BCUT2D eigenvalue weighted by atomic mass is 9.97. The molecule has 0 bridgehead atoms. The molecule has 0 saturated carbocycles. The number of fused-ring (bicyclic) bond motifs is 1. The first-order chi connectivity index (χ1) is 14.4. The van der Waals surface area contributed by atoms with Gasteiger partial charge in [0.25, 0.3) is 5.79 Å². The average Bonchev–Trinajstić information content (AvgIpc) is 2.75. The van der Waals surface area contributed by atoms with E-state index in [2.05, 4.69) is 6.07 Å². The molecule has 30 heavy (non-hydrogen) atoms. The number of hydrogen-bond acceptors (Lipinski definition) is 4. The largest absolute Gasteiger partial charge is 0.489 e. The van der Waals surface area contributed by atoms with Crippen molar-refractivity contribution in [1.29, 1.82) is 0 Å². The molecule has 0 aliphatic carbocycles. The SMILES string of the molecule is C[C@]1(C(=O)O)OC[C@H](Cc2ccc3cc(OCc4ccccc4F)ccc3c2)CO1. The van der Waals surface area contributed by atoms with Crippen molar-refractivity contribution in [2.24, 2.45) is 5.92 Å². The van der Waals surface area contributed by atoms with E-state index in [1.807, 2.05) is 30.3 Å². The molecule has 3 aromatic carbocycles. The Morgan fingerprint density at radius 2 is 1.80 bits per heavy atom. The van der Waals surface area contributed by atoms with Crippen LogP contribution in [0, 0.1) is 11.7 Å². The van der Waals surface area contributed by atoms with Crippen molar-refractivity contribution in [3.8, 4) is 5.75 Å². The van der Waals surface area contributed by atoms with Crippen LogP contribution in [0.3, 0.4) is 0 Å². The third kappa shape index (κ3) is 4.45. The van der Waals surface area contributed by atoms with Crippen LogP contribution in [0.5, 0.6) is 5.75 Å². The van der Waals surface area contributed by atoms with Crippen LogP contribution in [0.15, 0.2) is 60.7 Å². The van der Waals surface area contributed by atoms with E-state index >= 15 is 0 Å². The average molecular weight is 410 g/mol. The molecule has 1 aliphatic heterocycles. The van der Waals surface area contributed by atoms with Gasteiger partial charge in [-0.25, -0.2) is 9.18 Å². The summed E-state index contributed by atoms with van der Waals surface area (Å²) in [6, 6.07) is 18.5. The second-order valence-electron chi connectivity index (χ2n) is 7.67. The maximum atomic E-state index is 13.7. The molecular weight excluding hydrogens is 387 g/mol. The summed E-state index contributed by atoms with van der Waals surface area (Å²) in [4.78, 5) is 11.2. The lowest BCUT2D eigenvalue weighted by Crippen LogP contribution is -2.48. The molecule has 0 spiro atoms. The molecule has 0 unspecified atom stereocenters. The van der Waals surface area contributed by atoms with Crippen molar-refractivity contribution in [3.05, 3.63) is 77.6 Å². The summed E-state index contributed by atoms with van der Waals surface area (Å²) in [6.07, 6.45) is 0.733. The van der Waals surface area contributed by atoms with Crippen LogP contribution in [0.25, 0.3) is 10.8 Å². The topological polar surface area (TPSA) is 65.0 Å². The molecule has 1 aliphatic rings. The van der Waals surface area contributed by atoms with Gasteiger partial charge in [0.15, 0.2) is 0 Å². The molecule has 1 heterocycles. The molecule has 1 N–H and O–H groups in total. The first-order valence-corrected chi connectivity index (χ1v) is 9.83. The van der Waals surface area contributed by atoms with E-state index < -0.39 is 11.8 Å². The number of carboxylic acid groups (broad SMARTS) is 1. The van der Waals surface area contributed by atoms with Crippen molar-refractivity contribution >= 4 is 16.7 Å². The van der Waals surface area contributed by atoms with E-state index in [-0.39, 0.29) is 18.3 Å². The fourth-order valence-electron chi connectivity index (χ4n) is 3.48. The number of hydrogen-bond donors (Lipinski definition) is 1. The smallest absolute Gasteiger partial charge is 0.364 e. The highest BCUT2D eigenvalue weighted by atomic mass is 19.1. The normalized spacial score (nSPS) is 21.5. The summed E-state index contributed by atoms with van der Waals surface area (Å²) in [6.45, 7) is 2.27. The number of rotatable bonds is 6. The highest BCUT2D eigenvalue weighted by Gasteiger charge is 2.40. The molecule has 3 aromatic rings. The van der Waals surface area contributed by atoms with E-state index in [4.69, 9.17) is 19.3 Å². The zero-order chi connectivity index (χ0) is 21.1.